The molecule has 0 bridgehead atoms. The smallest absolute Gasteiger partial charge is 0.250 e. The van der Waals surface area contributed by atoms with Gasteiger partial charge in [-0.2, -0.15) is 0 Å². The Bertz CT molecular complexity index is 1130. The largest absolute Gasteiger partial charge is 0.495 e. The van der Waals surface area contributed by atoms with Gasteiger partial charge in [0.1, 0.15) is 23.1 Å². The molecular formula is C20H19Cl2F2N5O2. The summed E-state index contributed by atoms with van der Waals surface area (Å²) >= 11 is 13.0. The van der Waals surface area contributed by atoms with Crippen LogP contribution in [-0.4, -0.2) is 41.1 Å². The average Bonchev–Trinajstić information content (AvgIpc) is 3.07. The predicted molar refractivity (Wildman–Crippen MR) is 117 cm³/mol. The van der Waals surface area contributed by atoms with Crippen LogP contribution in [0.1, 0.15) is 19.3 Å². The number of nitrogen functional groups attached to an aromatic ring is 1. The Kier molecular flexibility index (Phi) is 5.65. The van der Waals surface area contributed by atoms with Gasteiger partial charge in [0.15, 0.2) is 5.82 Å². The highest BCUT2D eigenvalue weighted by molar-refractivity contribution is 6.41. The molecule has 0 spiro atoms. The van der Waals surface area contributed by atoms with Gasteiger partial charge in [-0.15, -0.1) is 0 Å². The number of nitrogens with zero attached hydrogens (tertiary/aromatic N) is 3. The van der Waals surface area contributed by atoms with Crippen molar-refractivity contribution in [1.82, 2.24) is 15.0 Å². The first-order chi connectivity index (χ1) is 14.7. The summed E-state index contributed by atoms with van der Waals surface area (Å²) in [7, 11) is 2.92. The van der Waals surface area contributed by atoms with Gasteiger partial charge in [0.25, 0.3) is 0 Å². The van der Waals surface area contributed by atoms with Crippen molar-refractivity contribution >= 4 is 45.7 Å². The first-order valence-electron chi connectivity index (χ1n) is 9.40. The van der Waals surface area contributed by atoms with Crippen LogP contribution in [0.4, 0.5) is 20.4 Å². The first-order valence-corrected chi connectivity index (χ1v) is 10.2. The van der Waals surface area contributed by atoms with Crippen LogP contribution in [0.2, 0.25) is 10.0 Å². The number of ether oxygens (including phenoxy) is 2. The zero-order valence-corrected chi connectivity index (χ0v) is 18.2. The van der Waals surface area contributed by atoms with Gasteiger partial charge >= 0.3 is 0 Å². The van der Waals surface area contributed by atoms with E-state index in [-0.39, 0.29) is 40.1 Å². The van der Waals surface area contributed by atoms with Crippen LogP contribution >= 0.6 is 23.2 Å². The molecule has 2 heterocycles. The van der Waals surface area contributed by atoms with E-state index >= 15 is 0 Å². The fraction of sp³-hybridized carbons (Fsp3) is 0.350. The summed E-state index contributed by atoms with van der Waals surface area (Å²) in [6.45, 7) is 0. The summed E-state index contributed by atoms with van der Waals surface area (Å²) in [5, 5.41) is 4.04. The van der Waals surface area contributed by atoms with Gasteiger partial charge in [0.2, 0.25) is 5.92 Å². The lowest BCUT2D eigenvalue weighted by atomic mass is 10.1. The Morgan fingerprint density at radius 3 is 2.39 bits per heavy atom. The minimum absolute atomic E-state index is 0.165. The minimum atomic E-state index is -2.71. The van der Waals surface area contributed by atoms with Gasteiger partial charge in [-0.25, -0.2) is 23.7 Å². The topological polar surface area (TPSA) is 95.2 Å². The van der Waals surface area contributed by atoms with Crippen LogP contribution in [-0.2, 0) is 0 Å². The Hall–Kier alpha value is -2.65. The van der Waals surface area contributed by atoms with Crippen LogP contribution < -0.4 is 20.5 Å². The molecule has 1 atom stereocenters. The van der Waals surface area contributed by atoms with E-state index < -0.39 is 12.0 Å². The number of methoxy groups -OCH3 is 2. The number of aromatic nitrogens is 3. The fourth-order valence-electron chi connectivity index (χ4n) is 3.62. The number of alkyl halides is 2. The van der Waals surface area contributed by atoms with Crippen molar-refractivity contribution < 1.29 is 18.3 Å². The van der Waals surface area contributed by atoms with E-state index in [9.17, 15) is 8.78 Å². The second-order valence-corrected chi connectivity index (χ2v) is 8.00. The average molecular weight is 470 g/mol. The van der Waals surface area contributed by atoms with Crippen LogP contribution in [0.15, 0.2) is 18.3 Å². The molecule has 1 unspecified atom stereocenters. The van der Waals surface area contributed by atoms with Gasteiger partial charge in [0.05, 0.1) is 41.5 Å². The lowest BCUT2D eigenvalue weighted by molar-refractivity contribution is 0.00852. The number of hydrogen-bond donors (Lipinski definition) is 2. The number of halogens is 4. The van der Waals surface area contributed by atoms with E-state index in [1.54, 1.807) is 12.1 Å². The van der Waals surface area contributed by atoms with E-state index in [0.29, 0.717) is 34.6 Å². The zero-order chi connectivity index (χ0) is 22.3. The summed E-state index contributed by atoms with van der Waals surface area (Å²) in [5.41, 5.74) is 6.56. The van der Waals surface area contributed by atoms with Crippen LogP contribution in [0.3, 0.4) is 0 Å². The molecule has 1 aromatic carbocycles. The Morgan fingerprint density at radius 2 is 1.81 bits per heavy atom. The van der Waals surface area contributed by atoms with Crippen molar-refractivity contribution in [2.45, 2.75) is 31.2 Å². The van der Waals surface area contributed by atoms with Crippen LogP contribution in [0.5, 0.6) is 11.5 Å². The van der Waals surface area contributed by atoms with E-state index in [1.807, 2.05) is 0 Å². The number of hydrogen-bond acceptors (Lipinski definition) is 7. The molecule has 4 rings (SSSR count). The van der Waals surface area contributed by atoms with Crippen molar-refractivity contribution in [3.05, 3.63) is 28.4 Å². The molecule has 0 amide bonds. The summed E-state index contributed by atoms with van der Waals surface area (Å²) < 4.78 is 38.1. The van der Waals surface area contributed by atoms with Crippen molar-refractivity contribution in [1.29, 1.82) is 0 Å². The first kappa shape index (κ1) is 21.6. The number of benzene rings is 1. The molecule has 11 heteroatoms. The summed E-state index contributed by atoms with van der Waals surface area (Å²) in [6.07, 6.45) is 1.31. The van der Waals surface area contributed by atoms with E-state index in [1.165, 1.54) is 20.4 Å². The predicted octanol–water partition coefficient (Wildman–Crippen LogP) is 5.20. The third-order valence-electron chi connectivity index (χ3n) is 5.14. The molecule has 3 N–H and O–H groups in total. The zero-order valence-electron chi connectivity index (χ0n) is 16.7. The molecule has 0 saturated heterocycles. The number of nitrogens with one attached hydrogen (secondary N) is 1. The minimum Gasteiger partial charge on any atom is -0.495 e. The molecule has 0 aliphatic heterocycles. The number of anilines is 2. The third-order valence-corrected chi connectivity index (χ3v) is 5.90. The summed E-state index contributed by atoms with van der Waals surface area (Å²) in [4.78, 5) is 13.2. The number of pyridine rings is 1. The van der Waals surface area contributed by atoms with E-state index in [4.69, 9.17) is 38.4 Å². The van der Waals surface area contributed by atoms with Crippen molar-refractivity contribution in [3.8, 4) is 22.9 Å². The maximum absolute atomic E-state index is 13.7. The quantitative estimate of drug-likeness (QED) is 0.530. The van der Waals surface area contributed by atoms with Crippen molar-refractivity contribution in [2.75, 3.05) is 25.3 Å². The number of fused-ring (bicyclic) bond motifs is 1. The standard InChI is InChI=1S/C20H19Cl2F2N5O2/c1-30-12-6-13(31-2)17(22)15(16(12)21)19-28-11-8-26-14(25)5-10(11)18(29-19)27-9-3-4-20(23,24)7-9/h5-6,8-9H,3-4,7H2,1-2H3,(H2,25,26)(H,27,28,29). The molecular weight excluding hydrogens is 451 g/mol. The second-order valence-electron chi connectivity index (χ2n) is 7.25. The van der Waals surface area contributed by atoms with Crippen LogP contribution in [0, 0.1) is 0 Å². The highest BCUT2D eigenvalue weighted by Gasteiger charge is 2.39. The van der Waals surface area contributed by atoms with Gasteiger partial charge < -0.3 is 20.5 Å². The maximum atomic E-state index is 13.7. The molecule has 1 aliphatic carbocycles. The molecule has 1 fully saturated rings. The Balaban J connectivity index is 1.90. The van der Waals surface area contributed by atoms with Crippen LogP contribution in [0.25, 0.3) is 22.3 Å². The highest BCUT2D eigenvalue weighted by Crippen LogP contribution is 2.46. The molecule has 7 nitrogen and oxygen atoms in total. The fourth-order valence-corrected chi connectivity index (χ4v) is 4.29. The van der Waals surface area contributed by atoms with Gasteiger partial charge in [0, 0.05) is 30.3 Å². The molecule has 1 saturated carbocycles. The molecule has 1 aliphatic rings. The Morgan fingerprint density at radius 1 is 1.13 bits per heavy atom. The second kappa shape index (κ2) is 8.12. The van der Waals surface area contributed by atoms with E-state index in [0.717, 1.165) is 0 Å². The summed E-state index contributed by atoms with van der Waals surface area (Å²) in [5.74, 6) is -1.31. The lowest BCUT2D eigenvalue weighted by Gasteiger charge is -2.18. The lowest BCUT2D eigenvalue weighted by Crippen LogP contribution is -2.20. The van der Waals surface area contributed by atoms with Gasteiger partial charge in [-0.3, -0.25) is 0 Å². The highest BCUT2D eigenvalue weighted by atomic mass is 35.5. The molecule has 164 valence electrons. The normalized spacial score (nSPS) is 17.7. The van der Waals surface area contributed by atoms with Crippen molar-refractivity contribution in [2.24, 2.45) is 0 Å². The number of rotatable bonds is 5. The van der Waals surface area contributed by atoms with Crippen molar-refractivity contribution in [3.63, 3.8) is 0 Å². The van der Waals surface area contributed by atoms with E-state index in [2.05, 4.69) is 20.3 Å². The molecule has 0 radical (unpaired) electrons. The SMILES string of the molecule is COc1cc(OC)c(Cl)c(-c2nc(NC3CCC(F)(F)C3)c3cc(N)ncc3n2)c1Cl. The number of nitrogens with two attached hydrogens (primary N) is 1. The molecule has 3 aromatic rings. The summed E-state index contributed by atoms with van der Waals surface area (Å²) in [6, 6.07) is 2.68. The third kappa shape index (κ3) is 4.12. The van der Waals surface area contributed by atoms with Gasteiger partial charge in [-0.1, -0.05) is 23.2 Å². The molecule has 2 aromatic heterocycles. The van der Waals surface area contributed by atoms with Gasteiger partial charge in [-0.05, 0) is 12.5 Å². The maximum Gasteiger partial charge on any atom is 0.250 e. The monoisotopic (exact) mass is 469 g/mol. The Labute approximate surface area is 186 Å². The molecule has 31 heavy (non-hydrogen) atoms.